The number of nitrogen functional groups attached to an aromatic ring is 1. The molecule has 0 amide bonds. The topological polar surface area (TPSA) is 134 Å². The molecule has 0 spiro atoms. The molecule has 92 valence electrons. The number of nitrogens with two attached hydrogens (primary N) is 1. The molecule has 2 aromatic rings. The first-order valence-corrected chi connectivity index (χ1v) is 6.80. The monoisotopic (exact) mass is 275 g/mol. The number of nitrogens with one attached hydrogen (secondary N) is 3. The van der Waals surface area contributed by atoms with Crippen molar-refractivity contribution in [2.45, 2.75) is 11.4 Å². The van der Waals surface area contributed by atoms with E-state index in [2.05, 4.69) is 19.9 Å². The molecule has 0 saturated carbocycles. The standard InChI is InChI=1S/C7H9N5O3S2/c8-6-5(2-9-12-6)17(14,15)10-1-4-3-16-7(13)11-4/h2-3,10H,1H2,(H,11,13)(H3,8,9,12). The molecule has 0 bridgehead atoms. The first kappa shape index (κ1) is 11.8. The van der Waals surface area contributed by atoms with Gasteiger partial charge in [-0.1, -0.05) is 11.3 Å². The van der Waals surface area contributed by atoms with Gasteiger partial charge in [-0.3, -0.25) is 9.89 Å². The minimum absolute atomic E-state index is 0.00824. The fourth-order valence-electron chi connectivity index (χ4n) is 1.15. The van der Waals surface area contributed by atoms with E-state index in [9.17, 15) is 13.2 Å². The molecule has 8 nitrogen and oxygen atoms in total. The Balaban J connectivity index is 2.14. The molecular weight excluding hydrogens is 266 g/mol. The van der Waals surface area contributed by atoms with Crippen molar-refractivity contribution >= 4 is 27.2 Å². The normalized spacial score (nSPS) is 11.8. The van der Waals surface area contributed by atoms with Crippen LogP contribution in [0.4, 0.5) is 5.82 Å². The SMILES string of the molecule is Nc1[nH]ncc1S(=O)(=O)NCc1csc(=O)[nH]1. The van der Waals surface area contributed by atoms with Crippen LogP contribution in [-0.4, -0.2) is 23.6 Å². The quantitative estimate of drug-likeness (QED) is 0.580. The number of hydrogen-bond acceptors (Lipinski definition) is 6. The van der Waals surface area contributed by atoms with E-state index >= 15 is 0 Å². The third-order valence-electron chi connectivity index (χ3n) is 1.95. The number of hydrogen-bond donors (Lipinski definition) is 4. The molecule has 0 atom stereocenters. The molecule has 0 aliphatic rings. The van der Waals surface area contributed by atoms with Gasteiger partial charge in [0, 0.05) is 11.1 Å². The second-order valence-corrected chi connectivity index (χ2v) is 5.72. The second-order valence-electron chi connectivity index (χ2n) is 3.15. The lowest BCUT2D eigenvalue weighted by Gasteiger charge is -2.03. The summed E-state index contributed by atoms with van der Waals surface area (Å²) >= 11 is 0.966. The zero-order valence-corrected chi connectivity index (χ0v) is 10.1. The Morgan fingerprint density at radius 3 is 2.82 bits per heavy atom. The van der Waals surface area contributed by atoms with Gasteiger partial charge >= 0.3 is 4.87 Å². The number of aromatic amines is 2. The highest BCUT2D eigenvalue weighted by atomic mass is 32.2. The summed E-state index contributed by atoms with van der Waals surface area (Å²) in [4.78, 5) is 13.0. The van der Waals surface area contributed by atoms with Crippen LogP contribution < -0.4 is 15.3 Å². The molecule has 0 aliphatic heterocycles. The number of sulfonamides is 1. The van der Waals surface area contributed by atoms with E-state index in [0.29, 0.717) is 5.69 Å². The van der Waals surface area contributed by atoms with Crippen molar-refractivity contribution in [2.75, 3.05) is 5.73 Å². The van der Waals surface area contributed by atoms with Crippen LogP contribution >= 0.6 is 11.3 Å². The van der Waals surface area contributed by atoms with Gasteiger partial charge in [-0.05, 0) is 0 Å². The van der Waals surface area contributed by atoms with Gasteiger partial charge in [-0.2, -0.15) is 5.10 Å². The third kappa shape index (κ3) is 2.54. The van der Waals surface area contributed by atoms with Crippen molar-refractivity contribution in [1.29, 1.82) is 0 Å². The number of H-pyrrole nitrogens is 2. The van der Waals surface area contributed by atoms with E-state index in [1.165, 1.54) is 0 Å². The summed E-state index contributed by atoms with van der Waals surface area (Å²) < 4.78 is 25.8. The first-order chi connectivity index (χ1) is 7.99. The summed E-state index contributed by atoms with van der Waals surface area (Å²) in [5.74, 6) is -0.0312. The van der Waals surface area contributed by atoms with Crippen LogP contribution in [0.2, 0.25) is 0 Å². The summed E-state index contributed by atoms with van der Waals surface area (Å²) in [5, 5.41) is 7.40. The van der Waals surface area contributed by atoms with Crippen molar-refractivity contribution in [2.24, 2.45) is 0 Å². The van der Waals surface area contributed by atoms with Crippen molar-refractivity contribution in [3.63, 3.8) is 0 Å². The molecular formula is C7H9N5O3S2. The van der Waals surface area contributed by atoms with E-state index in [0.717, 1.165) is 17.5 Å². The van der Waals surface area contributed by atoms with Crippen molar-refractivity contribution in [3.8, 4) is 0 Å². The van der Waals surface area contributed by atoms with Crippen LogP contribution in [0, 0.1) is 0 Å². The number of anilines is 1. The van der Waals surface area contributed by atoms with Crippen LogP contribution in [0.5, 0.6) is 0 Å². The highest BCUT2D eigenvalue weighted by Gasteiger charge is 2.19. The minimum atomic E-state index is -3.72. The molecule has 17 heavy (non-hydrogen) atoms. The largest absolute Gasteiger partial charge is 0.383 e. The van der Waals surface area contributed by atoms with Gasteiger partial charge in [0.15, 0.2) is 0 Å². The molecule has 10 heteroatoms. The zero-order valence-electron chi connectivity index (χ0n) is 8.43. The van der Waals surface area contributed by atoms with Gasteiger partial charge in [-0.15, -0.1) is 0 Å². The van der Waals surface area contributed by atoms with E-state index < -0.39 is 10.0 Å². The highest BCUT2D eigenvalue weighted by Crippen LogP contribution is 2.13. The average molecular weight is 275 g/mol. The maximum Gasteiger partial charge on any atom is 0.304 e. The molecule has 5 N–H and O–H groups in total. The Kier molecular flexibility index (Phi) is 3.00. The minimum Gasteiger partial charge on any atom is -0.383 e. The number of thiazole rings is 1. The molecule has 2 aromatic heterocycles. The second kappa shape index (κ2) is 4.31. The Hall–Kier alpha value is -1.65. The van der Waals surface area contributed by atoms with Gasteiger partial charge in [-0.25, -0.2) is 13.1 Å². The predicted octanol–water partition coefficient (Wildman–Crippen LogP) is -0.780. The zero-order chi connectivity index (χ0) is 12.5. The molecule has 0 aromatic carbocycles. The Labute approximate surface area is 99.9 Å². The number of aromatic nitrogens is 3. The lowest BCUT2D eigenvalue weighted by molar-refractivity contribution is 0.581. The molecule has 0 saturated heterocycles. The van der Waals surface area contributed by atoms with Crippen LogP contribution in [0.3, 0.4) is 0 Å². The maximum absolute atomic E-state index is 11.8. The van der Waals surface area contributed by atoms with Crippen molar-refractivity contribution in [1.82, 2.24) is 19.9 Å². The summed E-state index contributed by atoms with van der Waals surface area (Å²) in [7, 11) is -3.72. The van der Waals surface area contributed by atoms with Gasteiger partial charge in [0.05, 0.1) is 12.7 Å². The first-order valence-electron chi connectivity index (χ1n) is 4.44. The molecule has 2 heterocycles. The number of rotatable bonds is 4. The van der Waals surface area contributed by atoms with E-state index in [4.69, 9.17) is 5.73 Å². The average Bonchev–Trinajstić information content (AvgIpc) is 2.85. The number of nitrogens with zero attached hydrogens (tertiary/aromatic N) is 1. The van der Waals surface area contributed by atoms with Crippen molar-refractivity contribution in [3.05, 3.63) is 26.9 Å². The molecule has 0 radical (unpaired) electrons. The van der Waals surface area contributed by atoms with Gasteiger partial charge in [0.1, 0.15) is 10.7 Å². The summed E-state index contributed by atoms with van der Waals surface area (Å²) in [5.41, 5.74) is 5.90. The summed E-state index contributed by atoms with van der Waals surface area (Å²) in [6, 6.07) is 0. The molecule has 2 rings (SSSR count). The Morgan fingerprint density at radius 1 is 1.53 bits per heavy atom. The van der Waals surface area contributed by atoms with Crippen LogP contribution in [-0.2, 0) is 16.6 Å². The maximum atomic E-state index is 11.8. The lowest BCUT2D eigenvalue weighted by atomic mass is 10.5. The summed E-state index contributed by atoms with van der Waals surface area (Å²) in [6.45, 7) is -0.00824. The third-order valence-corrected chi connectivity index (χ3v) is 4.09. The van der Waals surface area contributed by atoms with Crippen LogP contribution in [0.1, 0.15) is 5.69 Å². The van der Waals surface area contributed by atoms with Crippen LogP contribution in [0.25, 0.3) is 0 Å². The van der Waals surface area contributed by atoms with E-state index in [-0.39, 0.29) is 22.1 Å². The Morgan fingerprint density at radius 2 is 2.29 bits per heavy atom. The Bertz CT molecular complexity index is 667. The van der Waals surface area contributed by atoms with Crippen molar-refractivity contribution < 1.29 is 8.42 Å². The molecule has 0 unspecified atom stereocenters. The van der Waals surface area contributed by atoms with Crippen LogP contribution in [0.15, 0.2) is 21.3 Å². The van der Waals surface area contributed by atoms with E-state index in [1.807, 2.05) is 0 Å². The lowest BCUT2D eigenvalue weighted by Crippen LogP contribution is -2.24. The highest BCUT2D eigenvalue weighted by molar-refractivity contribution is 7.89. The smallest absolute Gasteiger partial charge is 0.304 e. The van der Waals surface area contributed by atoms with Gasteiger partial charge in [0.25, 0.3) is 0 Å². The molecule has 0 aliphatic carbocycles. The fourth-order valence-corrected chi connectivity index (χ4v) is 2.76. The fraction of sp³-hybridized carbons (Fsp3) is 0.143. The predicted molar refractivity (Wildman–Crippen MR) is 62.0 cm³/mol. The van der Waals surface area contributed by atoms with Gasteiger partial charge in [0.2, 0.25) is 10.0 Å². The van der Waals surface area contributed by atoms with Gasteiger partial charge < -0.3 is 10.7 Å². The summed E-state index contributed by atoms with van der Waals surface area (Å²) in [6.07, 6.45) is 1.12. The molecule has 0 fully saturated rings. The van der Waals surface area contributed by atoms with E-state index in [1.54, 1.807) is 5.38 Å².